The van der Waals surface area contributed by atoms with Gasteiger partial charge in [0.2, 0.25) is 0 Å². The molecule has 1 N–H and O–H groups in total. The maximum Gasteiger partial charge on any atom is 0.261 e. The van der Waals surface area contributed by atoms with Gasteiger partial charge in [-0.2, -0.15) is 0 Å². The van der Waals surface area contributed by atoms with E-state index >= 15 is 0 Å². The van der Waals surface area contributed by atoms with Crippen LogP contribution in [0.25, 0.3) is 0 Å². The van der Waals surface area contributed by atoms with E-state index in [0.717, 1.165) is 11.3 Å². The summed E-state index contributed by atoms with van der Waals surface area (Å²) >= 11 is 0. The molecule has 2 heterocycles. The number of likely N-dealkylation sites (N-methyl/N-ethyl adjacent to an activating group) is 1. The number of hydrogen-bond donors (Lipinski definition) is 1. The van der Waals surface area contributed by atoms with Crippen LogP contribution in [0, 0.1) is 5.41 Å². The molecule has 0 saturated heterocycles. The van der Waals surface area contributed by atoms with E-state index in [0.29, 0.717) is 29.9 Å². The van der Waals surface area contributed by atoms with Crippen LogP contribution >= 0.6 is 12.4 Å². The second kappa shape index (κ2) is 6.33. The van der Waals surface area contributed by atoms with Crippen molar-refractivity contribution >= 4 is 35.7 Å². The summed E-state index contributed by atoms with van der Waals surface area (Å²) in [6.45, 7) is 0.321. The number of rotatable bonds is 3. The number of fused-ring (bicyclic) bond motifs is 2. The van der Waals surface area contributed by atoms with Crippen LogP contribution in [0.15, 0.2) is 48.5 Å². The van der Waals surface area contributed by atoms with Gasteiger partial charge in [0.15, 0.2) is 0 Å². The molecular weight excluding hydrogens is 338 g/mol. The molecule has 2 aromatic rings. The van der Waals surface area contributed by atoms with E-state index in [2.05, 4.69) is 0 Å². The minimum atomic E-state index is -0.234. The maximum absolute atomic E-state index is 12.4. The summed E-state index contributed by atoms with van der Waals surface area (Å²) in [6, 6.07) is 14.8. The van der Waals surface area contributed by atoms with E-state index in [1.165, 1.54) is 4.90 Å². The minimum absolute atomic E-state index is 0. The number of nitrogens with zero attached hydrogens (tertiary/aromatic N) is 2. The van der Waals surface area contributed by atoms with Gasteiger partial charge in [0.25, 0.3) is 11.8 Å². The monoisotopic (exact) mass is 355 g/mol. The Balaban J connectivity index is 0.00000182. The Bertz CT molecular complexity index is 845. The van der Waals surface area contributed by atoms with Crippen LogP contribution in [-0.4, -0.2) is 36.1 Å². The predicted octanol–water partition coefficient (Wildman–Crippen LogP) is 3.31. The fourth-order valence-corrected chi connectivity index (χ4v) is 3.59. The number of anilines is 1. The van der Waals surface area contributed by atoms with E-state index in [9.17, 15) is 9.59 Å². The van der Waals surface area contributed by atoms with Gasteiger partial charge in [0.05, 0.1) is 11.1 Å². The van der Waals surface area contributed by atoms with Gasteiger partial charge in [-0.05, 0) is 30.2 Å². The smallest absolute Gasteiger partial charge is 0.261 e. The number of benzene rings is 2. The quantitative estimate of drug-likeness (QED) is 0.859. The molecule has 2 aliphatic heterocycles. The minimum Gasteiger partial charge on any atom is -0.333 e. The highest BCUT2D eigenvalue weighted by atomic mass is 35.5. The first-order valence-corrected chi connectivity index (χ1v) is 7.96. The lowest BCUT2D eigenvalue weighted by molar-refractivity contribution is 0.0652. The van der Waals surface area contributed by atoms with Crippen LogP contribution in [0.2, 0.25) is 0 Å². The van der Waals surface area contributed by atoms with Crippen molar-refractivity contribution in [2.45, 2.75) is 12.3 Å². The van der Waals surface area contributed by atoms with E-state index in [4.69, 9.17) is 5.41 Å². The highest BCUT2D eigenvalue weighted by Gasteiger charge is 2.37. The standard InChI is InChI=1S/C19H17N3O2.ClH/c1-21-16-9-5-4-6-12(16)13(17(21)20)10-11-22-18(23)14-7-2-3-8-15(14)19(22)24;/h2-9,13,20H,10-11H2,1H3;1H. The first kappa shape index (κ1) is 17.2. The van der Waals surface area contributed by atoms with Crippen molar-refractivity contribution in [3.8, 4) is 0 Å². The number of carbonyl (C=O) groups excluding carboxylic acids is 2. The summed E-state index contributed by atoms with van der Waals surface area (Å²) < 4.78 is 0. The average Bonchev–Trinajstić information content (AvgIpc) is 3.00. The second-order valence-electron chi connectivity index (χ2n) is 6.15. The van der Waals surface area contributed by atoms with E-state index in [1.807, 2.05) is 36.2 Å². The third-order valence-corrected chi connectivity index (χ3v) is 4.88. The number of halogens is 1. The normalized spacial score (nSPS) is 18.3. The van der Waals surface area contributed by atoms with Crippen LogP contribution < -0.4 is 4.90 Å². The van der Waals surface area contributed by atoms with Gasteiger partial charge >= 0.3 is 0 Å². The van der Waals surface area contributed by atoms with Crippen molar-refractivity contribution < 1.29 is 9.59 Å². The van der Waals surface area contributed by atoms with Gasteiger partial charge in [-0.15, -0.1) is 12.4 Å². The van der Waals surface area contributed by atoms with Crippen molar-refractivity contribution in [3.63, 3.8) is 0 Å². The van der Waals surface area contributed by atoms with Gasteiger partial charge in [-0.3, -0.25) is 19.9 Å². The lowest BCUT2D eigenvalue weighted by atomic mass is 9.97. The Morgan fingerprint density at radius 3 is 2.16 bits per heavy atom. The Hall–Kier alpha value is -2.66. The molecule has 0 aliphatic carbocycles. The molecule has 0 spiro atoms. The van der Waals surface area contributed by atoms with Crippen molar-refractivity contribution in [3.05, 3.63) is 65.2 Å². The zero-order valence-corrected chi connectivity index (χ0v) is 14.5. The van der Waals surface area contributed by atoms with Crippen LogP contribution in [0.1, 0.15) is 38.6 Å². The lowest BCUT2D eigenvalue weighted by Gasteiger charge is -2.18. The van der Waals surface area contributed by atoms with Crippen molar-refractivity contribution in [2.24, 2.45) is 0 Å². The van der Waals surface area contributed by atoms with Gasteiger partial charge < -0.3 is 4.90 Å². The molecule has 2 aromatic carbocycles. The molecule has 0 fully saturated rings. The molecule has 2 aliphatic rings. The van der Waals surface area contributed by atoms with E-state index < -0.39 is 0 Å². The Kier molecular flexibility index (Phi) is 4.35. The molecule has 0 radical (unpaired) electrons. The molecule has 0 aromatic heterocycles. The number of nitrogens with one attached hydrogen (secondary N) is 1. The summed E-state index contributed by atoms with van der Waals surface area (Å²) in [7, 11) is 1.88. The van der Waals surface area contributed by atoms with Gasteiger partial charge in [0, 0.05) is 25.2 Å². The number of imide groups is 1. The predicted molar refractivity (Wildman–Crippen MR) is 99.0 cm³/mol. The number of carbonyl (C=O) groups is 2. The molecule has 4 rings (SSSR count). The van der Waals surface area contributed by atoms with Crippen LogP contribution in [-0.2, 0) is 0 Å². The molecule has 2 amide bonds. The third kappa shape index (κ3) is 2.51. The maximum atomic E-state index is 12.4. The van der Waals surface area contributed by atoms with E-state index in [-0.39, 0.29) is 30.1 Å². The van der Waals surface area contributed by atoms with Crippen LogP contribution in [0.4, 0.5) is 5.69 Å². The second-order valence-corrected chi connectivity index (χ2v) is 6.15. The molecule has 128 valence electrons. The average molecular weight is 356 g/mol. The van der Waals surface area contributed by atoms with Crippen molar-refractivity contribution in [2.75, 3.05) is 18.5 Å². The van der Waals surface area contributed by atoms with Crippen LogP contribution in [0.3, 0.4) is 0 Å². The van der Waals surface area contributed by atoms with Gasteiger partial charge in [-0.25, -0.2) is 0 Å². The molecule has 25 heavy (non-hydrogen) atoms. The molecule has 6 heteroatoms. The summed E-state index contributed by atoms with van der Waals surface area (Å²) in [4.78, 5) is 28.1. The summed E-state index contributed by atoms with van der Waals surface area (Å²) in [5, 5.41) is 8.34. The zero-order valence-electron chi connectivity index (χ0n) is 13.7. The molecule has 0 saturated carbocycles. The fourth-order valence-electron chi connectivity index (χ4n) is 3.59. The first-order valence-electron chi connectivity index (χ1n) is 7.96. The number of para-hydroxylation sites is 1. The molecular formula is C19H18ClN3O2. The summed E-state index contributed by atoms with van der Waals surface area (Å²) in [6.07, 6.45) is 0.561. The lowest BCUT2D eigenvalue weighted by Crippen LogP contribution is -2.33. The highest BCUT2D eigenvalue weighted by molar-refractivity contribution is 6.21. The number of hydrogen-bond acceptors (Lipinski definition) is 3. The molecule has 0 bridgehead atoms. The largest absolute Gasteiger partial charge is 0.333 e. The van der Waals surface area contributed by atoms with Crippen molar-refractivity contribution in [1.82, 2.24) is 4.90 Å². The highest BCUT2D eigenvalue weighted by Crippen LogP contribution is 2.38. The topological polar surface area (TPSA) is 64.5 Å². The Labute approximate surface area is 152 Å². The van der Waals surface area contributed by atoms with Crippen LogP contribution in [0.5, 0.6) is 0 Å². The SMILES string of the molecule is CN1C(=N)C(CCN2C(=O)c3ccccc3C2=O)c2ccccc21.Cl. The third-order valence-electron chi connectivity index (χ3n) is 4.88. The zero-order chi connectivity index (χ0) is 16.8. The Morgan fingerprint density at radius 2 is 1.52 bits per heavy atom. The van der Waals surface area contributed by atoms with Crippen molar-refractivity contribution in [1.29, 1.82) is 5.41 Å². The molecule has 1 unspecified atom stereocenters. The van der Waals surface area contributed by atoms with E-state index in [1.54, 1.807) is 24.3 Å². The van der Waals surface area contributed by atoms with Gasteiger partial charge in [0.1, 0.15) is 5.84 Å². The first-order chi connectivity index (χ1) is 11.6. The van der Waals surface area contributed by atoms with Gasteiger partial charge in [-0.1, -0.05) is 30.3 Å². The molecule has 1 atom stereocenters. The number of amides is 2. The summed E-state index contributed by atoms with van der Waals surface area (Å²) in [5.41, 5.74) is 3.06. The molecule has 5 nitrogen and oxygen atoms in total. The fraction of sp³-hybridized carbons (Fsp3) is 0.211. The Morgan fingerprint density at radius 1 is 0.960 bits per heavy atom. The summed E-state index contributed by atoms with van der Waals surface area (Å²) in [5.74, 6) is -0.0492. The number of amidine groups is 1.